The molecule has 4 aliphatic carbocycles. The van der Waals surface area contributed by atoms with Crippen molar-refractivity contribution in [1.29, 1.82) is 0 Å². The average Bonchev–Trinajstić information content (AvgIpc) is 2.22. The summed E-state index contributed by atoms with van der Waals surface area (Å²) < 4.78 is 0. The second-order valence-electron chi connectivity index (χ2n) is 8.88. The van der Waals surface area contributed by atoms with E-state index in [4.69, 9.17) is 0 Å². The Bertz CT molecular complexity index is 399. The second-order valence-corrected chi connectivity index (χ2v) is 8.88. The first-order valence-electron chi connectivity index (χ1n) is 8.19. The van der Waals surface area contributed by atoms with Crippen molar-refractivity contribution in [3.63, 3.8) is 0 Å². The zero-order valence-electron chi connectivity index (χ0n) is 13.6. The first-order valence-corrected chi connectivity index (χ1v) is 8.19. The SMILES string of the molecule is CN(C)C(=O)CCNC12CC3CC(C)(CC(C)(C3)C1)C2. The van der Waals surface area contributed by atoms with Gasteiger partial charge in [0.1, 0.15) is 0 Å². The van der Waals surface area contributed by atoms with Crippen molar-refractivity contribution in [2.75, 3.05) is 20.6 Å². The molecule has 114 valence electrons. The third-order valence-corrected chi connectivity index (χ3v) is 5.96. The summed E-state index contributed by atoms with van der Waals surface area (Å²) in [6, 6.07) is 0. The van der Waals surface area contributed by atoms with Crippen LogP contribution in [0.3, 0.4) is 0 Å². The third-order valence-electron chi connectivity index (χ3n) is 5.96. The van der Waals surface area contributed by atoms with Crippen molar-refractivity contribution in [1.82, 2.24) is 10.2 Å². The van der Waals surface area contributed by atoms with E-state index in [1.165, 1.54) is 38.5 Å². The van der Waals surface area contributed by atoms with Crippen molar-refractivity contribution in [3.8, 4) is 0 Å². The Kier molecular flexibility index (Phi) is 3.20. The largest absolute Gasteiger partial charge is 0.349 e. The maximum atomic E-state index is 11.7. The van der Waals surface area contributed by atoms with E-state index in [1.807, 2.05) is 14.1 Å². The topological polar surface area (TPSA) is 32.3 Å². The zero-order chi connectivity index (χ0) is 14.6. The normalized spacial score (nSPS) is 45.7. The van der Waals surface area contributed by atoms with E-state index in [0.29, 0.717) is 22.8 Å². The number of carbonyl (C=O) groups excluding carboxylic acids is 1. The number of nitrogens with one attached hydrogen (secondary N) is 1. The number of rotatable bonds is 4. The molecule has 4 fully saturated rings. The predicted molar refractivity (Wildman–Crippen MR) is 81.5 cm³/mol. The van der Waals surface area contributed by atoms with Crippen LogP contribution in [0.25, 0.3) is 0 Å². The first kappa shape index (κ1) is 14.4. The molecule has 0 aromatic carbocycles. The van der Waals surface area contributed by atoms with Crippen molar-refractivity contribution in [2.45, 2.75) is 64.3 Å². The molecule has 4 bridgehead atoms. The standard InChI is InChI=1S/C17H30N2O/c1-15-7-13-8-16(2,10-15)12-17(9-13,11-15)18-6-5-14(20)19(3)4/h13,18H,5-12H2,1-4H3. The summed E-state index contributed by atoms with van der Waals surface area (Å²) in [5.74, 6) is 1.15. The lowest BCUT2D eigenvalue weighted by atomic mass is 9.43. The molecule has 20 heavy (non-hydrogen) atoms. The van der Waals surface area contributed by atoms with Gasteiger partial charge in [-0.1, -0.05) is 13.8 Å². The van der Waals surface area contributed by atoms with Crippen LogP contribution in [0, 0.1) is 16.7 Å². The summed E-state index contributed by atoms with van der Waals surface area (Å²) >= 11 is 0. The molecular formula is C17H30N2O. The molecule has 0 aromatic rings. The van der Waals surface area contributed by atoms with Crippen LogP contribution in [0.15, 0.2) is 0 Å². The Balaban J connectivity index is 1.65. The number of nitrogens with zero attached hydrogens (tertiary/aromatic N) is 1. The van der Waals surface area contributed by atoms with Crippen LogP contribution in [0.5, 0.6) is 0 Å². The van der Waals surface area contributed by atoms with Gasteiger partial charge in [0.05, 0.1) is 0 Å². The second kappa shape index (κ2) is 4.46. The molecule has 0 spiro atoms. The molecule has 3 heteroatoms. The molecule has 0 aliphatic heterocycles. The van der Waals surface area contributed by atoms with Crippen molar-refractivity contribution in [2.24, 2.45) is 16.7 Å². The lowest BCUT2D eigenvalue weighted by Gasteiger charge is -2.65. The van der Waals surface area contributed by atoms with E-state index in [1.54, 1.807) is 4.90 Å². The smallest absolute Gasteiger partial charge is 0.223 e. The number of amides is 1. The molecule has 4 rings (SSSR count). The fraction of sp³-hybridized carbons (Fsp3) is 0.941. The first-order chi connectivity index (χ1) is 9.23. The molecule has 0 aromatic heterocycles. The van der Waals surface area contributed by atoms with Gasteiger partial charge >= 0.3 is 0 Å². The molecule has 1 N–H and O–H groups in total. The van der Waals surface area contributed by atoms with E-state index in [2.05, 4.69) is 19.2 Å². The lowest BCUT2D eigenvalue weighted by molar-refractivity contribution is -0.129. The van der Waals surface area contributed by atoms with E-state index in [-0.39, 0.29) is 5.91 Å². The molecule has 2 atom stereocenters. The van der Waals surface area contributed by atoms with Crippen LogP contribution in [-0.2, 0) is 4.79 Å². The average molecular weight is 278 g/mol. The number of carbonyl (C=O) groups is 1. The number of hydrogen-bond acceptors (Lipinski definition) is 2. The summed E-state index contributed by atoms with van der Waals surface area (Å²) in [5, 5.41) is 3.82. The van der Waals surface area contributed by atoms with E-state index < -0.39 is 0 Å². The van der Waals surface area contributed by atoms with E-state index in [0.717, 1.165) is 12.5 Å². The summed E-state index contributed by atoms with van der Waals surface area (Å²) in [7, 11) is 3.68. The zero-order valence-corrected chi connectivity index (χ0v) is 13.6. The van der Waals surface area contributed by atoms with Crippen LogP contribution in [-0.4, -0.2) is 37.0 Å². The van der Waals surface area contributed by atoms with Crippen molar-refractivity contribution < 1.29 is 4.79 Å². The predicted octanol–water partition coefficient (Wildman–Crippen LogP) is 2.80. The Morgan fingerprint density at radius 1 is 1.10 bits per heavy atom. The monoisotopic (exact) mass is 278 g/mol. The fourth-order valence-corrected chi connectivity index (χ4v) is 6.30. The minimum atomic E-state index is 0.236. The quantitative estimate of drug-likeness (QED) is 0.857. The lowest BCUT2D eigenvalue weighted by Crippen LogP contribution is -2.64. The Hall–Kier alpha value is -0.570. The highest BCUT2D eigenvalue weighted by Crippen LogP contribution is 2.66. The molecule has 1 amide bonds. The van der Waals surface area contributed by atoms with Gasteiger partial charge < -0.3 is 10.2 Å². The molecule has 0 saturated heterocycles. The Morgan fingerprint density at radius 3 is 2.20 bits per heavy atom. The van der Waals surface area contributed by atoms with E-state index >= 15 is 0 Å². The van der Waals surface area contributed by atoms with Crippen molar-refractivity contribution >= 4 is 5.91 Å². The molecule has 2 unspecified atom stereocenters. The highest BCUT2D eigenvalue weighted by Gasteiger charge is 2.59. The molecule has 4 aliphatic rings. The highest BCUT2D eigenvalue weighted by atomic mass is 16.2. The molecule has 0 radical (unpaired) electrons. The van der Waals surface area contributed by atoms with Gasteiger partial charge in [-0.3, -0.25) is 4.79 Å². The van der Waals surface area contributed by atoms with Crippen LogP contribution in [0.1, 0.15) is 58.8 Å². The highest BCUT2D eigenvalue weighted by molar-refractivity contribution is 5.75. The van der Waals surface area contributed by atoms with Gasteiger partial charge in [0.2, 0.25) is 5.91 Å². The third kappa shape index (κ3) is 2.49. The van der Waals surface area contributed by atoms with Crippen LogP contribution in [0.4, 0.5) is 0 Å². The minimum Gasteiger partial charge on any atom is -0.349 e. The van der Waals surface area contributed by atoms with Gasteiger partial charge in [-0.25, -0.2) is 0 Å². The summed E-state index contributed by atoms with van der Waals surface area (Å²) in [6.45, 7) is 5.84. The van der Waals surface area contributed by atoms with Gasteiger partial charge in [0.15, 0.2) is 0 Å². The molecule has 0 heterocycles. The molecular weight excluding hydrogens is 248 g/mol. The van der Waals surface area contributed by atoms with Gasteiger partial charge in [-0.05, 0) is 55.3 Å². The fourth-order valence-electron chi connectivity index (χ4n) is 6.30. The molecule has 3 nitrogen and oxygen atoms in total. The van der Waals surface area contributed by atoms with Crippen molar-refractivity contribution in [3.05, 3.63) is 0 Å². The van der Waals surface area contributed by atoms with Gasteiger partial charge in [0, 0.05) is 32.6 Å². The maximum Gasteiger partial charge on any atom is 0.223 e. The summed E-state index contributed by atoms with van der Waals surface area (Å²) in [4.78, 5) is 13.4. The van der Waals surface area contributed by atoms with Gasteiger partial charge in [0.25, 0.3) is 0 Å². The Labute approximate surface area is 123 Å². The number of hydrogen-bond donors (Lipinski definition) is 1. The maximum absolute atomic E-state index is 11.7. The molecule has 4 saturated carbocycles. The van der Waals surface area contributed by atoms with Crippen LogP contribution in [0.2, 0.25) is 0 Å². The van der Waals surface area contributed by atoms with E-state index in [9.17, 15) is 4.79 Å². The van der Waals surface area contributed by atoms with Gasteiger partial charge in [-0.15, -0.1) is 0 Å². The van der Waals surface area contributed by atoms with Crippen LogP contribution >= 0.6 is 0 Å². The summed E-state index contributed by atoms with van der Waals surface area (Å²) in [5.41, 5.74) is 1.43. The summed E-state index contributed by atoms with van der Waals surface area (Å²) in [6.07, 6.45) is 8.90. The van der Waals surface area contributed by atoms with Gasteiger partial charge in [-0.2, -0.15) is 0 Å². The van der Waals surface area contributed by atoms with Crippen LogP contribution < -0.4 is 5.32 Å². The Morgan fingerprint density at radius 2 is 1.70 bits per heavy atom. The minimum absolute atomic E-state index is 0.236.